The van der Waals surface area contributed by atoms with E-state index in [2.05, 4.69) is 15.5 Å². The number of rotatable bonds is 10. The fourth-order valence-corrected chi connectivity index (χ4v) is 4.52. The third kappa shape index (κ3) is 6.22. The Hall–Kier alpha value is -3.33. The van der Waals surface area contributed by atoms with E-state index >= 15 is 0 Å². The number of halogens is 1. The summed E-state index contributed by atoms with van der Waals surface area (Å²) in [5.74, 6) is 1.97. The first-order chi connectivity index (χ1) is 17.1. The number of carbonyl (C=O) groups is 1. The lowest BCUT2D eigenvalue weighted by Gasteiger charge is -2.11. The van der Waals surface area contributed by atoms with Crippen LogP contribution in [0.3, 0.4) is 0 Å². The second-order valence-corrected chi connectivity index (χ2v) is 8.97. The molecule has 1 heterocycles. The summed E-state index contributed by atoms with van der Waals surface area (Å²) < 4.78 is 12.3. The van der Waals surface area contributed by atoms with Crippen LogP contribution in [0.2, 0.25) is 5.02 Å². The van der Waals surface area contributed by atoms with E-state index in [1.165, 1.54) is 0 Å². The summed E-state index contributed by atoms with van der Waals surface area (Å²) in [5, 5.41) is 13.1. The Balaban J connectivity index is 1.57. The smallest absolute Gasteiger partial charge is 0.251 e. The van der Waals surface area contributed by atoms with Gasteiger partial charge in [-0.3, -0.25) is 9.36 Å². The summed E-state index contributed by atoms with van der Waals surface area (Å²) in [5.41, 5.74) is 3.42. The monoisotopic (exact) mass is 508 g/mol. The van der Waals surface area contributed by atoms with Gasteiger partial charge in [0.1, 0.15) is 5.75 Å². The quantitative estimate of drug-likeness (QED) is 0.232. The highest BCUT2D eigenvalue weighted by Gasteiger charge is 2.17. The molecule has 3 aromatic carbocycles. The number of carbonyl (C=O) groups excluding carboxylic acids is 1. The van der Waals surface area contributed by atoms with Crippen molar-refractivity contribution in [1.29, 1.82) is 0 Å². The van der Waals surface area contributed by atoms with Crippen LogP contribution in [0.1, 0.15) is 15.9 Å². The van der Waals surface area contributed by atoms with Gasteiger partial charge in [-0.2, -0.15) is 0 Å². The van der Waals surface area contributed by atoms with Gasteiger partial charge in [0.2, 0.25) is 0 Å². The number of ether oxygens (including phenoxy) is 2. The van der Waals surface area contributed by atoms with Crippen LogP contribution in [0, 0.1) is 0 Å². The number of thioether (sulfide) groups is 1. The first-order valence-electron chi connectivity index (χ1n) is 10.9. The molecule has 180 valence electrons. The van der Waals surface area contributed by atoms with Gasteiger partial charge in [0.05, 0.1) is 19.4 Å². The van der Waals surface area contributed by atoms with Crippen molar-refractivity contribution in [2.75, 3.05) is 27.4 Å². The van der Waals surface area contributed by atoms with E-state index in [1.807, 2.05) is 77.4 Å². The molecular weight excluding hydrogens is 484 g/mol. The highest BCUT2D eigenvalue weighted by Crippen LogP contribution is 2.32. The van der Waals surface area contributed by atoms with Crippen molar-refractivity contribution in [3.05, 3.63) is 88.9 Å². The molecule has 0 aliphatic rings. The summed E-state index contributed by atoms with van der Waals surface area (Å²) in [6.07, 6.45) is 0. The van der Waals surface area contributed by atoms with Crippen LogP contribution in [0.4, 0.5) is 0 Å². The third-order valence-corrected chi connectivity index (χ3v) is 6.44. The fourth-order valence-electron chi connectivity index (χ4n) is 3.43. The molecular formula is C26H25ClN4O3S. The Morgan fingerprint density at radius 2 is 1.83 bits per heavy atom. The van der Waals surface area contributed by atoms with Gasteiger partial charge in [0.15, 0.2) is 11.0 Å². The van der Waals surface area contributed by atoms with Gasteiger partial charge in [-0.05, 0) is 48.0 Å². The van der Waals surface area contributed by atoms with Crippen LogP contribution in [0.15, 0.2) is 78.0 Å². The number of aromatic nitrogens is 3. The molecule has 0 saturated heterocycles. The summed E-state index contributed by atoms with van der Waals surface area (Å²) in [4.78, 5) is 12.2. The Kier molecular flexibility index (Phi) is 8.41. The second-order valence-electron chi connectivity index (χ2n) is 7.59. The van der Waals surface area contributed by atoms with E-state index in [1.54, 1.807) is 26.0 Å². The zero-order valence-electron chi connectivity index (χ0n) is 19.4. The number of hydrogen-bond donors (Lipinski definition) is 1. The molecule has 1 N–H and O–H groups in total. The minimum Gasteiger partial charge on any atom is -0.497 e. The molecule has 0 fully saturated rings. The van der Waals surface area contributed by atoms with Crippen molar-refractivity contribution < 1.29 is 14.3 Å². The van der Waals surface area contributed by atoms with Crippen molar-refractivity contribution in [2.45, 2.75) is 10.9 Å². The average Bonchev–Trinajstić information content (AvgIpc) is 3.32. The zero-order valence-corrected chi connectivity index (χ0v) is 21.0. The minimum absolute atomic E-state index is 0.120. The Morgan fingerprint density at radius 1 is 1.03 bits per heavy atom. The fraction of sp³-hybridized carbons (Fsp3) is 0.192. The predicted octanol–water partition coefficient (Wildman–Crippen LogP) is 5.26. The van der Waals surface area contributed by atoms with Crippen molar-refractivity contribution in [1.82, 2.24) is 20.1 Å². The maximum atomic E-state index is 12.2. The largest absolute Gasteiger partial charge is 0.497 e. The van der Waals surface area contributed by atoms with Crippen molar-refractivity contribution >= 4 is 29.3 Å². The van der Waals surface area contributed by atoms with E-state index in [9.17, 15) is 4.79 Å². The molecule has 7 nitrogen and oxygen atoms in total. The highest BCUT2D eigenvalue weighted by atomic mass is 35.5. The molecule has 0 saturated carbocycles. The number of methoxy groups -OCH3 is 2. The Bertz CT molecular complexity index is 1290. The van der Waals surface area contributed by atoms with Crippen molar-refractivity contribution in [2.24, 2.45) is 0 Å². The number of benzene rings is 3. The van der Waals surface area contributed by atoms with Crippen LogP contribution in [-0.4, -0.2) is 48.0 Å². The summed E-state index contributed by atoms with van der Waals surface area (Å²) in [6, 6.07) is 22.8. The Labute approximate surface area is 213 Å². The molecule has 1 aromatic heterocycles. The van der Waals surface area contributed by atoms with E-state index < -0.39 is 0 Å². The molecule has 0 spiro atoms. The van der Waals surface area contributed by atoms with Gasteiger partial charge in [-0.1, -0.05) is 53.7 Å². The molecule has 1 amide bonds. The zero-order chi connectivity index (χ0) is 24.6. The summed E-state index contributed by atoms with van der Waals surface area (Å²) >= 11 is 7.85. The summed E-state index contributed by atoms with van der Waals surface area (Å²) in [6.45, 7) is 0.952. The molecule has 0 aliphatic carbocycles. The first kappa shape index (κ1) is 24.8. The normalized spacial score (nSPS) is 10.8. The molecule has 35 heavy (non-hydrogen) atoms. The van der Waals surface area contributed by atoms with E-state index in [4.69, 9.17) is 21.1 Å². The second kappa shape index (κ2) is 11.9. The molecule has 0 atom stereocenters. The predicted molar refractivity (Wildman–Crippen MR) is 139 cm³/mol. The van der Waals surface area contributed by atoms with Crippen LogP contribution in [0.25, 0.3) is 17.1 Å². The lowest BCUT2D eigenvalue weighted by atomic mass is 10.1. The molecule has 0 unspecified atom stereocenters. The first-order valence-corrected chi connectivity index (χ1v) is 12.3. The number of nitrogens with zero attached hydrogens (tertiary/aromatic N) is 3. The highest BCUT2D eigenvalue weighted by molar-refractivity contribution is 7.98. The van der Waals surface area contributed by atoms with Gasteiger partial charge in [-0.25, -0.2) is 0 Å². The lowest BCUT2D eigenvalue weighted by molar-refractivity contribution is 0.0937. The van der Waals surface area contributed by atoms with Gasteiger partial charge in [-0.15, -0.1) is 10.2 Å². The molecule has 4 aromatic rings. The average molecular weight is 509 g/mol. The van der Waals surface area contributed by atoms with Gasteiger partial charge in [0, 0.05) is 35.6 Å². The maximum Gasteiger partial charge on any atom is 0.251 e. The van der Waals surface area contributed by atoms with E-state index in [0.717, 1.165) is 27.7 Å². The minimum atomic E-state index is -0.120. The van der Waals surface area contributed by atoms with Crippen LogP contribution in [-0.2, 0) is 10.5 Å². The molecule has 9 heteroatoms. The van der Waals surface area contributed by atoms with Crippen LogP contribution in [0.5, 0.6) is 5.75 Å². The van der Waals surface area contributed by atoms with Crippen molar-refractivity contribution in [3.63, 3.8) is 0 Å². The molecule has 4 rings (SSSR count). The number of hydrogen-bond acceptors (Lipinski definition) is 6. The standard InChI is InChI=1S/C26H25ClN4O3S/c1-33-14-13-28-25(32)19-11-9-18(10-12-19)17-35-26-30-29-24(20-5-3-8-23(15-20)34-2)31(26)22-7-4-6-21(27)16-22/h3-12,15-16H,13-14,17H2,1-2H3,(H,28,32). The molecule has 0 bridgehead atoms. The lowest BCUT2D eigenvalue weighted by Crippen LogP contribution is -2.26. The topological polar surface area (TPSA) is 78.3 Å². The molecule has 0 radical (unpaired) electrons. The molecule has 0 aliphatic heterocycles. The van der Waals surface area contributed by atoms with Gasteiger partial charge >= 0.3 is 0 Å². The maximum absolute atomic E-state index is 12.2. The van der Waals surface area contributed by atoms with Gasteiger partial charge < -0.3 is 14.8 Å². The van der Waals surface area contributed by atoms with Crippen LogP contribution >= 0.6 is 23.4 Å². The third-order valence-electron chi connectivity index (χ3n) is 5.20. The Morgan fingerprint density at radius 3 is 2.57 bits per heavy atom. The van der Waals surface area contributed by atoms with E-state index in [-0.39, 0.29) is 5.91 Å². The SMILES string of the molecule is COCCNC(=O)c1ccc(CSc2nnc(-c3cccc(OC)c3)n2-c2cccc(Cl)c2)cc1. The summed E-state index contributed by atoms with van der Waals surface area (Å²) in [7, 11) is 3.24. The van der Waals surface area contributed by atoms with Crippen LogP contribution < -0.4 is 10.1 Å². The van der Waals surface area contributed by atoms with Crippen molar-refractivity contribution in [3.8, 4) is 22.8 Å². The van der Waals surface area contributed by atoms with E-state index in [0.29, 0.717) is 35.3 Å². The number of amides is 1. The van der Waals surface area contributed by atoms with Gasteiger partial charge in [0.25, 0.3) is 5.91 Å². The number of nitrogens with one attached hydrogen (secondary N) is 1.